The number of rotatable bonds is 19. The minimum Gasteiger partial charge on any atom is -0.497 e. The Kier molecular flexibility index (Phi) is 32.6. The molecular weight excluding hydrogens is 1240 g/mol. The molecule has 1 aromatic carbocycles. The third-order valence-electron chi connectivity index (χ3n) is 18.5. The highest BCUT2D eigenvalue weighted by molar-refractivity contribution is 6.00. The Morgan fingerprint density at radius 2 is 0.938 bits per heavy atom. The zero-order valence-electron chi connectivity index (χ0n) is 62.8. The van der Waals surface area contributed by atoms with Crippen molar-refractivity contribution in [1.29, 1.82) is 0 Å². The van der Waals surface area contributed by atoms with Crippen LogP contribution in [0.3, 0.4) is 0 Å². The minimum atomic E-state index is -1.72. The number of amides is 11. The van der Waals surface area contributed by atoms with Gasteiger partial charge in [-0.15, -0.1) is 0 Å². The summed E-state index contributed by atoms with van der Waals surface area (Å²) in [5.74, 6) is -10.1. The SMILES string of the molecule is CC[C@@H]1NC(=O)C([C@H](O)[C@@H]2CC=C2c2ccc(OC)cc2)N(C)C(=O)C(C(C)C)N(C)C(=O)[C@H](CC(C)C)N(C)C(=O)[C@H](CC(C)C)N(C)C(=O)[C@@H](C)NC(=O)[C@H](C)NC(=O)[C@H](CC(C)C)N(C)C(=O)C(C(C)C)NC(=O)[C@H](CC(C)C)N(C)C(=O)C(OCCN(C)C)N(C)C1=O. The Hall–Kier alpha value is -7.19. The van der Waals surface area contributed by atoms with Crippen molar-refractivity contribution < 1.29 is 67.3 Å². The zero-order chi connectivity index (χ0) is 74.1. The highest BCUT2D eigenvalue weighted by Crippen LogP contribution is 2.40. The van der Waals surface area contributed by atoms with E-state index in [0.717, 1.165) is 15.4 Å². The summed E-state index contributed by atoms with van der Waals surface area (Å²) in [5, 5.41) is 23.9. The molecule has 0 bridgehead atoms. The number of nitrogens with one attached hydrogen (secondary N) is 4. The molecule has 1 heterocycles. The molecule has 0 radical (unpaired) electrons. The normalized spacial score (nSPS) is 26.8. The molecule has 0 spiro atoms. The molecule has 3 rings (SSSR count). The lowest BCUT2D eigenvalue weighted by molar-refractivity contribution is -0.168. The van der Waals surface area contributed by atoms with Gasteiger partial charge in [0.25, 0.3) is 5.91 Å². The average Bonchev–Trinajstić information content (AvgIpc) is 0.776. The van der Waals surface area contributed by atoms with E-state index in [2.05, 4.69) is 21.3 Å². The van der Waals surface area contributed by atoms with E-state index >= 15 is 28.8 Å². The van der Waals surface area contributed by atoms with Crippen LogP contribution >= 0.6 is 0 Å². The maximum absolute atomic E-state index is 15.6. The van der Waals surface area contributed by atoms with Gasteiger partial charge in [-0.1, -0.05) is 108 Å². The average molecular weight is 1370 g/mol. The van der Waals surface area contributed by atoms with Crippen molar-refractivity contribution in [1.82, 2.24) is 60.5 Å². The fourth-order valence-electron chi connectivity index (χ4n) is 12.5. The lowest BCUT2D eigenvalue weighted by Gasteiger charge is -2.43. The third-order valence-corrected chi connectivity index (χ3v) is 18.5. The van der Waals surface area contributed by atoms with E-state index in [4.69, 9.17) is 9.47 Å². The Bertz CT molecular complexity index is 2900. The number of carbonyl (C=O) groups is 11. The molecule has 0 aromatic heterocycles. The van der Waals surface area contributed by atoms with Crippen LogP contribution in [0.2, 0.25) is 0 Å². The largest absolute Gasteiger partial charge is 0.497 e. The Labute approximate surface area is 578 Å². The van der Waals surface area contributed by atoms with Crippen molar-refractivity contribution in [2.45, 2.75) is 215 Å². The number of carbonyl (C=O) groups excluding carboxylic acids is 11. The topological polar surface area (TPSA) is 301 Å². The molecule has 1 aliphatic heterocycles. The summed E-state index contributed by atoms with van der Waals surface area (Å²) in [6, 6.07) is -5.86. The van der Waals surface area contributed by atoms with Crippen LogP contribution in [-0.4, -0.2) is 266 Å². The predicted octanol–water partition coefficient (Wildman–Crippen LogP) is 3.68. The maximum Gasteiger partial charge on any atom is 0.273 e. The van der Waals surface area contributed by atoms with E-state index in [1.807, 2.05) is 73.6 Å². The number of aliphatic hydroxyl groups excluding tert-OH is 1. The molecule has 548 valence electrons. The van der Waals surface area contributed by atoms with Crippen molar-refractivity contribution in [2.75, 3.05) is 83.7 Å². The van der Waals surface area contributed by atoms with Crippen LogP contribution < -0.4 is 26.0 Å². The van der Waals surface area contributed by atoms with Crippen LogP contribution in [0.1, 0.15) is 148 Å². The Morgan fingerprint density at radius 1 is 0.495 bits per heavy atom. The molecule has 4 unspecified atom stereocenters. The second-order valence-corrected chi connectivity index (χ2v) is 29.3. The first-order valence-electron chi connectivity index (χ1n) is 34.4. The van der Waals surface area contributed by atoms with Crippen LogP contribution in [0.4, 0.5) is 0 Å². The Morgan fingerprint density at radius 3 is 1.38 bits per heavy atom. The lowest BCUT2D eigenvalue weighted by atomic mass is 9.74. The smallest absolute Gasteiger partial charge is 0.273 e. The number of allylic oxidation sites excluding steroid dienone is 1. The summed E-state index contributed by atoms with van der Waals surface area (Å²) in [5.41, 5.74) is 1.40. The molecule has 26 nitrogen and oxygen atoms in total. The number of likely N-dealkylation sites (N-methyl/N-ethyl adjacent to an activating group) is 8. The summed E-state index contributed by atoms with van der Waals surface area (Å²) in [4.78, 5) is 175. The molecule has 26 heteroatoms. The molecule has 97 heavy (non-hydrogen) atoms. The van der Waals surface area contributed by atoms with Crippen molar-refractivity contribution in [3.8, 4) is 5.75 Å². The molecule has 5 N–H and O–H groups in total. The first-order valence-corrected chi connectivity index (χ1v) is 34.4. The summed E-state index contributed by atoms with van der Waals surface area (Å²) >= 11 is 0. The zero-order valence-corrected chi connectivity index (χ0v) is 62.8. The number of ether oxygens (including phenoxy) is 2. The summed E-state index contributed by atoms with van der Waals surface area (Å²) < 4.78 is 11.7. The van der Waals surface area contributed by atoms with Crippen molar-refractivity contribution >= 4 is 70.6 Å². The first-order chi connectivity index (χ1) is 45.1. The van der Waals surface area contributed by atoms with Gasteiger partial charge in [0.05, 0.1) is 19.8 Å². The number of nitrogens with zero attached hydrogens (tertiary/aromatic N) is 8. The molecule has 1 aliphatic carbocycles. The second-order valence-electron chi connectivity index (χ2n) is 29.3. The van der Waals surface area contributed by atoms with Gasteiger partial charge in [-0.3, -0.25) is 52.7 Å². The number of aliphatic hydroxyl groups is 1. The van der Waals surface area contributed by atoms with Gasteiger partial charge in [0, 0.05) is 61.8 Å². The van der Waals surface area contributed by atoms with Crippen LogP contribution in [-0.2, 0) is 57.5 Å². The van der Waals surface area contributed by atoms with E-state index in [0.29, 0.717) is 24.3 Å². The Balaban J connectivity index is 2.42. The van der Waals surface area contributed by atoms with E-state index in [9.17, 15) is 29.1 Å². The first kappa shape index (κ1) is 84.0. The fraction of sp³-hybridized carbons (Fsp3) is 0.732. The van der Waals surface area contributed by atoms with Crippen LogP contribution in [0.25, 0.3) is 5.57 Å². The summed E-state index contributed by atoms with van der Waals surface area (Å²) in [6.45, 7) is 26.5. The summed E-state index contributed by atoms with van der Waals surface area (Å²) in [6.07, 6.45) is -0.711. The maximum atomic E-state index is 15.6. The van der Waals surface area contributed by atoms with Crippen LogP contribution in [0.5, 0.6) is 5.75 Å². The predicted molar refractivity (Wildman–Crippen MR) is 372 cm³/mol. The number of hydrogen-bond donors (Lipinski definition) is 5. The van der Waals surface area contributed by atoms with Gasteiger partial charge in [-0.05, 0) is 125 Å². The molecular formula is C71H120N12O14. The van der Waals surface area contributed by atoms with Gasteiger partial charge in [0.2, 0.25) is 65.3 Å². The molecule has 11 amide bonds. The highest BCUT2D eigenvalue weighted by atomic mass is 16.5. The van der Waals surface area contributed by atoms with Crippen molar-refractivity contribution in [2.24, 2.45) is 41.4 Å². The number of benzene rings is 1. The second kappa shape index (κ2) is 37.7. The molecule has 1 saturated heterocycles. The third kappa shape index (κ3) is 22.2. The minimum absolute atomic E-state index is 0.0637. The standard InChI is InChI=1S/C71H120N12O14/c1-26-51-65(90)83(24)71(97-34-33-76(16)17)70(95)78(19)53(36-40(4)5)62(87)75-56(43(10)11)68(93)77(18)52(35-39(2)3)61(86)72-45(14)60(85)73-46(15)64(89)79(20)54(37-41(6)7)66(91)80(21)55(38-42(8)9)67(92)81(22)57(44(12)13)69(94)82(23)58(63(88)74-51)59(84)50-32-31-49(50)47-27-29-48(96-25)30-28-47/h27-31,39-46,50-59,71,84H,26,32-38H2,1-25H3,(H,72,86)(H,73,85)(H,74,88)(H,75,87)/t45-,46+,50+,51-,52-,53-,54-,55-,56?,57?,58?,59+,71?/m0/s1. The van der Waals surface area contributed by atoms with Gasteiger partial charge in [0.15, 0.2) is 0 Å². The number of hydrogen-bond acceptors (Lipinski definition) is 15. The van der Waals surface area contributed by atoms with Gasteiger partial charge in [0.1, 0.15) is 66.2 Å². The van der Waals surface area contributed by atoms with Gasteiger partial charge in [-0.25, -0.2) is 0 Å². The molecule has 13 atom stereocenters. The van der Waals surface area contributed by atoms with E-state index in [1.54, 1.807) is 65.7 Å². The summed E-state index contributed by atoms with van der Waals surface area (Å²) in [7, 11) is 15.0. The quantitative estimate of drug-likeness (QED) is 0.132. The van der Waals surface area contributed by atoms with Crippen LogP contribution in [0.15, 0.2) is 30.3 Å². The number of methoxy groups -OCH3 is 1. The molecule has 0 saturated carbocycles. The van der Waals surface area contributed by atoms with Crippen molar-refractivity contribution in [3.63, 3.8) is 0 Å². The van der Waals surface area contributed by atoms with Gasteiger partial charge in [-0.2, -0.15) is 0 Å². The van der Waals surface area contributed by atoms with Gasteiger partial charge < -0.3 is 75.0 Å². The molecule has 1 aromatic rings. The van der Waals surface area contributed by atoms with Crippen LogP contribution in [0, 0.1) is 41.4 Å². The highest BCUT2D eigenvalue weighted by Gasteiger charge is 2.48. The van der Waals surface area contributed by atoms with E-state index in [-0.39, 0.29) is 62.4 Å². The van der Waals surface area contributed by atoms with E-state index < -0.39 is 155 Å². The fourth-order valence-corrected chi connectivity index (χ4v) is 12.5. The van der Waals surface area contributed by atoms with E-state index in [1.165, 1.54) is 94.8 Å². The molecule has 2 aliphatic rings. The molecule has 1 fully saturated rings. The lowest BCUT2D eigenvalue weighted by Crippen LogP contribution is -2.64. The monoisotopic (exact) mass is 1360 g/mol. The van der Waals surface area contributed by atoms with Gasteiger partial charge >= 0.3 is 0 Å². The van der Waals surface area contributed by atoms with Crippen molar-refractivity contribution in [3.05, 3.63) is 35.9 Å².